The standard InChI is InChI=1S/C13H7BrClNO2/c14-10-4-2-1-3-8(10)9(7-16)13(17)11-5-6-12(15)18-11/h1-6,9H. The number of carbonyl (C=O) groups excluding carboxylic acids is 1. The molecule has 1 atom stereocenters. The molecular weight excluding hydrogens is 318 g/mol. The maximum absolute atomic E-state index is 12.1. The lowest BCUT2D eigenvalue weighted by atomic mass is 9.95. The Balaban J connectivity index is 2.39. The number of hydrogen-bond donors (Lipinski definition) is 0. The number of Topliss-reactive ketones (excluding diaryl/α,β-unsaturated/α-hetero) is 1. The van der Waals surface area contributed by atoms with E-state index in [-0.39, 0.29) is 11.0 Å². The van der Waals surface area contributed by atoms with E-state index in [9.17, 15) is 10.1 Å². The highest BCUT2D eigenvalue weighted by atomic mass is 79.9. The highest BCUT2D eigenvalue weighted by Crippen LogP contribution is 2.28. The van der Waals surface area contributed by atoms with Crippen LogP contribution in [0.4, 0.5) is 0 Å². The summed E-state index contributed by atoms with van der Waals surface area (Å²) in [6.07, 6.45) is 0. The van der Waals surface area contributed by atoms with Crippen molar-refractivity contribution in [1.82, 2.24) is 0 Å². The van der Waals surface area contributed by atoms with Gasteiger partial charge in [-0.2, -0.15) is 5.26 Å². The van der Waals surface area contributed by atoms with Gasteiger partial charge in [-0.05, 0) is 35.4 Å². The van der Waals surface area contributed by atoms with Gasteiger partial charge in [0.05, 0.1) is 6.07 Å². The molecular formula is C13H7BrClNO2. The van der Waals surface area contributed by atoms with E-state index in [4.69, 9.17) is 16.0 Å². The van der Waals surface area contributed by atoms with Crippen LogP contribution in [-0.2, 0) is 0 Å². The van der Waals surface area contributed by atoms with Crippen molar-refractivity contribution in [2.75, 3.05) is 0 Å². The molecule has 0 fully saturated rings. The van der Waals surface area contributed by atoms with Gasteiger partial charge >= 0.3 is 0 Å². The van der Waals surface area contributed by atoms with Crippen LogP contribution >= 0.6 is 27.5 Å². The van der Waals surface area contributed by atoms with Gasteiger partial charge in [-0.15, -0.1) is 0 Å². The van der Waals surface area contributed by atoms with Gasteiger partial charge in [0, 0.05) is 4.47 Å². The smallest absolute Gasteiger partial charge is 0.219 e. The lowest BCUT2D eigenvalue weighted by Crippen LogP contribution is -2.11. The molecule has 3 nitrogen and oxygen atoms in total. The highest BCUT2D eigenvalue weighted by Gasteiger charge is 2.25. The van der Waals surface area contributed by atoms with E-state index in [0.717, 1.165) is 0 Å². The van der Waals surface area contributed by atoms with E-state index in [1.165, 1.54) is 12.1 Å². The lowest BCUT2D eigenvalue weighted by molar-refractivity contribution is 0.0952. The SMILES string of the molecule is N#CC(C(=O)c1ccc(Cl)o1)c1ccccc1Br. The van der Waals surface area contributed by atoms with Crippen LogP contribution in [0, 0.1) is 11.3 Å². The van der Waals surface area contributed by atoms with E-state index < -0.39 is 11.7 Å². The number of rotatable bonds is 3. The number of hydrogen-bond acceptors (Lipinski definition) is 3. The van der Waals surface area contributed by atoms with Crippen LogP contribution in [0.1, 0.15) is 22.0 Å². The van der Waals surface area contributed by atoms with E-state index in [1.54, 1.807) is 18.2 Å². The summed E-state index contributed by atoms with van der Waals surface area (Å²) in [5.41, 5.74) is 0.609. The summed E-state index contributed by atoms with van der Waals surface area (Å²) < 4.78 is 5.75. The van der Waals surface area contributed by atoms with Crippen molar-refractivity contribution in [3.05, 3.63) is 57.4 Å². The molecule has 1 aromatic carbocycles. The molecule has 0 N–H and O–H groups in total. The van der Waals surface area contributed by atoms with Crippen molar-refractivity contribution in [2.24, 2.45) is 0 Å². The van der Waals surface area contributed by atoms with Gasteiger partial charge < -0.3 is 4.42 Å². The Morgan fingerprint density at radius 3 is 2.61 bits per heavy atom. The third-order valence-electron chi connectivity index (χ3n) is 2.42. The molecule has 5 heteroatoms. The number of carbonyl (C=O) groups is 1. The van der Waals surface area contributed by atoms with Crippen LogP contribution in [0.2, 0.25) is 5.22 Å². The molecule has 0 saturated carbocycles. The Kier molecular flexibility index (Phi) is 3.85. The Morgan fingerprint density at radius 1 is 1.33 bits per heavy atom. The van der Waals surface area contributed by atoms with Crippen molar-refractivity contribution in [3.8, 4) is 6.07 Å². The summed E-state index contributed by atoms with van der Waals surface area (Å²) in [6, 6.07) is 12.0. The molecule has 0 spiro atoms. The summed E-state index contributed by atoms with van der Waals surface area (Å²) in [5, 5.41) is 9.30. The fourth-order valence-electron chi connectivity index (χ4n) is 1.57. The van der Waals surface area contributed by atoms with Gasteiger partial charge in [0.1, 0.15) is 5.92 Å². The van der Waals surface area contributed by atoms with Crippen molar-refractivity contribution in [2.45, 2.75) is 5.92 Å². The minimum absolute atomic E-state index is 0.0855. The quantitative estimate of drug-likeness (QED) is 0.796. The van der Waals surface area contributed by atoms with Gasteiger partial charge in [-0.3, -0.25) is 4.79 Å². The highest BCUT2D eigenvalue weighted by molar-refractivity contribution is 9.10. The lowest BCUT2D eigenvalue weighted by Gasteiger charge is -2.08. The molecule has 90 valence electrons. The van der Waals surface area contributed by atoms with Crippen LogP contribution in [-0.4, -0.2) is 5.78 Å². The monoisotopic (exact) mass is 323 g/mol. The minimum Gasteiger partial charge on any atom is -0.442 e. The molecule has 1 heterocycles. The average molecular weight is 325 g/mol. The first-order chi connectivity index (χ1) is 8.63. The van der Waals surface area contributed by atoms with Crippen LogP contribution in [0.5, 0.6) is 0 Å². The molecule has 0 bridgehead atoms. The molecule has 0 aliphatic rings. The van der Waals surface area contributed by atoms with E-state index in [2.05, 4.69) is 15.9 Å². The third kappa shape index (κ3) is 2.47. The predicted molar refractivity (Wildman–Crippen MR) is 70.5 cm³/mol. The zero-order valence-electron chi connectivity index (χ0n) is 9.06. The second-order valence-electron chi connectivity index (χ2n) is 3.55. The van der Waals surface area contributed by atoms with Crippen LogP contribution < -0.4 is 0 Å². The Morgan fingerprint density at radius 2 is 2.06 bits per heavy atom. The van der Waals surface area contributed by atoms with Crippen molar-refractivity contribution in [1.29, 1.82) is 5.26 Å². The second-order valence-corrected chi connectivity index (χ2v) is 4.78. The fourth-order valence-corrected chi connectivity index (χ4v) is 2.23. The first-order valence-corrected chi connectivity index (χ1v) is 6.24. The number of furan rings is 1. The largest absolute Gasteiger partial charge is 0.442 e. The van der Waals surface area contributed by atoms with E-state index in [1.807, 2.05) is 12.1 Å². The first kappa shape index (κ1) is 12.9. The molecule has 0 amide bonds. The maximum atomic E-state index is 12.1. The molecule has 1 unspecified atom stereocenters. The number of nitrogens with zero attached hydrogens (tertiary/aromatic N) is 1. The van der Waals surface area contributed by atoms with Crippen molar-refractivity contribution in [3.63, 3.8) is 0 Å². The molecule has 18 heavy (non-hydrogen) atoms. The number of halogens is 2. The van der Waals surface area contributed by atoms with Crippen LogP contribution in [0.3, 0.4) is 0 Å². The van der Waals surface area contributed by atoms with E-state index in [0.29, 0.717) is 10.0 Å². The summed E-state index contributed by atoms with van der Waals surface area (Å²) in [6.45, 7) is 0. The van der Waals surface area contributed by atoms with E-state index >= 15 is 0 Å². The molecule has 0 aliphatic carbocycles. The van der Waals surface area contributed by atoms with Gasteiger partial charge in [-0.1, -0.05) is 34.1 Å². The number of benzene rings is 1. The number of ketones is 1. The molecule has 1 aromatic heterocycles. The first-order valence-electron chi connectivity index (χ1n) is 5.07. The summed E-state index contributed by atoms with van der Waals surface area (Å²) in [7, 11) is 0. The average Bonchev–Trinajstić information content (AvgIpc) is 2.79. The zero-order chi connectivity index (χ0) is 13.1. The molecule has 0 saturated heterocycles. The van der Waals surface area contributed by atoms with Crippen LogP contribution in [0.25, 0.3) is 0 Å². The Labute approximate surface area is 117 Å². The molecule has 2 aromatic rings. The van der Waals surface area contributed by atoms with Crippen molar-refractivity contribution < 1.29 is 9.21 Å². The zero-order valence-corrected chi connectivity index (χ0v) is 11.4. The van der Waals surface area contributed by atoms with Gasteiger partial charge in [0.25, 0.3) is 0 Å². The molecule has 0 radical (unpaired) electrons. The Hall–Kier alpha value is -1.57. The third-order valence-corrected chi connectivity index (χ3v) is 3.35. The number of nitriles is 1. The van der Waals surface area contributed by atoms with Crippen molar-refractivity contribution >= 4 is 33.3 Å². The maximum Gasteiger partial charge on any atom is 0.219 e. The van der Waals surface area contributed by atoms with Gasteiger partial charge in [0.2, 0.25) is 5.78 Å². The summed E-state index contributed by atoms with van der Waals surface area (Å²) in [5.74, 6) is -1.23. The predicted octanol–water partition coefficient (Wildman–Crippen LogP) is 4.19. The molecule has 0 aliphatic heterocycles. The van der Waals surface area contributed by atoms with Gasteiger partial charge in [-0.25, -0.2) is 0 Å². The normalized spacial score (nSPS) is 11.8. The fraction of sp³-hybridized carbons (Fsp3) is 0.0769. The molecule has 2 rings (SSSR count). The topological polar surface area (TPSA) is 54.0 Å². The Bertz CT molecular complexity index is 630. The van der Waals surface area contributed by atoms with Crippen LogP contribution in [0.15, 0.2) is 45.3 Å². The minimum atomic E-state index is -0.914. The van der Waals surface area contributed by atoms with Gasteiger partial charge in [0.15, 0.2) is 11.0 Å². The summed E-state index contributed by atoms with van der Waals surface area (Å²) >= 11 is 8.94. The summed E-state index contributed by atoms with van der Waals surface area (Å²) in [4.78, 5) is 12.1. The second kappa shape index (κ2) is 5.38.